The molecule has 1 aliphatic rings. The first kappa shape index (κ1) is 15.5. The molecule has 1 aliphatic carbocycles. The second-order valence-corrected chi connectivity index (χ2v) is 6.40. The third kappa shape index (κ3) is 3.16. The van der Waals surface area contributed by atoms with Gasteiger partial charge in [-0.2, -0.15) is 4.91 Å². The molecule has 0 radical (unpaired) electrons. The van der Waals surface area contributed by atoms with Crippen LogP contribution in [0.3, 0.4) is 0 Å². The molecular formula is C23H19NO. The molecule has 0 saturated carbocycles. The summed E-state index contributed by atoms with van der Waals surface area (Å²) in [5, 5.41) is 3.01. The average Bonchev–Trinajstić information content (AvgIpc) is 2.80. The first-order valence-electron chi connectivity index (χ1n) is 8.61. The Balaban J connectivity index is 1.90. The predicted octanol–water partition coefficient (Wildman–Crippen LogP) is 5.64. The van der Waals surface area contributed by atoms with Crippen LogP contribution < -0.4 is 0 Å². The van der Waals surface area contributed by atoms with E-state index in [9.17, 15) is 4.91 Å². The molecule has 2 heteroatoms. The molecule has 0 aromatic heterocycles. The molecule has 0 N–H and O–H groups in total. The Morgan fingerprint density at radius 3 is 2.08 bits per heavy atom. The van der Waals surface area contributed by atoms with Crippen molar-refractivity contribution < 1.29 is 0 Å². The van der Waals surface area contributed by atoms with Crippen molar-refractivity contribution in [1.82, 2.24) is 0 Å². The SMILES string of the molecule is O=NCc1cccc(C=C2c3ccccc3CCc3ccccc32)c1. The van der Waals surface area contributed by atoms with Crippen LogP contribution in [0.5, 0.6) is 0 Å². The van der Waals surface area contributed by atoms with E-state index in [0.717, 1.165) is 24.0 Å². The Morgan fingerprint density at radius 1 is 0.800 bits per heavy atom. The number of aryl methyl sites for hydroxylation is 2. The number of hydrogen-bond acceptors (Lipinski definition) is 2. The van der Waals surface area contributed by atoms with Gasteiger partial charge in [-0.15, -0.1) is 0 Å². The minimum absolute atomic E-state index is 0.212. The summed E-state index contributed by atoms with van der Waals surface area (Å²) < 4.78 is 0. The van der Waals surface area contributed by atoms with Gasteiger partial charge in [-0.05, 0) is 63.9 Å². The molecular weight excluding hydrogens is 306 g/mol. The maximum absolute atomic E-state index is 10.6. The molecule has 0 heterocycles. The fraction of sp³-hybridized carbons (Fsp3) is 0.130. The van der Waals surface area contributed by atoms with E-state index in [1.165, 1.54) is 27.8 Å². The lowest BCUT2D eigenvalue weighted by Gasteiger charge is -2.12. The Bertz CT molecular complexity index is 906. The standard InChI is InChI=1S/C23H19NO/c25-24-16-18-7-5-6-17(14-18)15-23-21-10-3-1-8-19(21)12-13-20-9-2-4-11-22(20)23/h1-11,14-15H,12-13,16H2. The third-order valence-corrected chi connectivity index (χ3v) is 4.79. The van der Waals surface area contributed by atoms with Crippen molar-refractivity contribution in [3.05, 3.63) is 111 Å². The van der Waals surface area contributed by atoms with E-state index >= 15 is 0 Å². The van der Waals surface area contributed by atoms with E-state index < -0.39 is 0 Å². The smallest absolute Gasteiger partial charge is 0.106 e. The van der Waals surface area contributed by atoms with E-state index in [1.807, 2.05) is 18.2 Å². The Hall–Kier alpha value is -3.00. The molecule has 0 saturated heterocycles. The van der Waals surface area contributed by atoms with Crippen molar-refractivity contribution in [1.29, 1.82) is 0 Å². The lowest BCUT2D eigenvalue weighted by Crippen LogP contribution is -1.92. The van der Waals surface area contributed by atoms with Gasteiger partial charge in [-0.3, -0.25) is 0 Å². The topological polar surface area (TPSA) is 29.4 Å². The quantitative estimate of drug-likeness (QED) is 0.573. The van der Waals surface area contributed by atoms with Crippen molar-refractivity contribution >= 4 is 11.6 Å². The largest absolute Gasteiger partial charge is 0.150 e. The van der Waals surface area contributed by atoms with Crippen LogP contribution in [0.25, 0.3) is 11.6 Å². The van der Waals surface area contributed by atoms with Gasteiger partial charge in [0.15, 0.2) is 0 Å². The van der Waals surface area contributed by atoms with E-state index in [4.69, 9.17) is 0 Å². The van der Waals surface area contributed by atoms with Crippen molar-refractivity contribution in [3.8, 4) is 0 Å². The van der Waals surface area contributed by atoms with Crippen LogP contribution in [0.1, 0.15) is 33.4 Å². The van der Waals surface area contributed by atoms with E-state index in [-0.39, 0.29) is 6.54 Å². The van der Waals surface area contributed by atoms with Gasteiger partial charge in [0.25, 0.3) is 0 Å². The molecule has 0 fully saturated rings. The summed E-state index contributed by atoms with van der Waals surface area (Å²) >= 11 is 0. The van der Waals surface area contributed by atoms with Gasteiger partial charge in [-0.25, -0.2) is 0 Å². The highest BCUT2D eigenvalue weighted by molar-refractivity contribution is 5.94. The molecule has 0 unspecified atom stereocenters. The second-order valence-electron chi connectivity index (χ2n) is 6.40. The first-order chi connectivity index (χ1) is 12.3. The highest BCUT2D eigenvalue weighted by Crippen LogP contribution is 2.34. The van der Waals surface area contributed by atoms with Gasteiger partial charge in [-0.1, -0.05) is 71.9 Å². The molecule has 4 rings (SSSR count). The first-order valence-corrected chi connectivity index (χ1v) is 8.61. The molecule has 3 aromatic carbocycles. The Kier molecular flexibility index (Phi) is 4.26. The number of nitrogens with zero attached hydrogens (tertiary/aromatic N) is 1. The molecule has 0 bridgehead atoms. The molecule has 122 valence electrons. The highest BCUT2D eigenvalue weighted by Gasteiger charge is 2.17. The molecule has 2 nitrogen and oxygen atoms in total. The average molecular weight is 325 g/mol. The van der Waals surface area contributed by atoms with Crippen LogP contribution in [0.2, 0.25) is 0 Å². The van der Waals surface area contributed by atoms with Gasteiger partial charge >= 0.3 is 0 Å². The summed E-state index contributed by atoms with van der Waals surface area (Å²) in [6.07, 6.45) is 4.34. The number of hydrogen-bond donors (Lipinski definition) is 0. The molecule has 3 aromatic rings. The summed E-state index contributed by atoms with van der Waals surface area (Å²) in [7, 11) is 0. The zero-order valence-corrected chi connectivity index (χ0v) is 14.0. The van der Waals surface area contributed by atoms with Crippen molar-refractivity contribution in [2.24, 2.45) is 5.18 Å². The van der Waals surface area contributed by atoms with Crippen LogP contribution in [0.15, 0.2) is 78.0 Å². The van der Waals surface area contributed by atoms with Gasteiger partial charge in [0.05, 0.1) is 0 Å². The molecule has 0 amide bonds. The van der Waals surface area contributed by atoms with Crippen LogP contribution in [0, 0.1) is 4.91 Å². The highest BCUT2D eigenvalue weighted by atomic mass is 16.3. The molecule has 0 spiro atoms. The number of benzene rings is 3. The second kappa shape index (κ2) is 6.86. The van der Waals surface area contributed by atoms with Gasteiger partial charge in [0, 0.05) is 0 Å². The zero-order chi connectivity index (χ0) is 17.1. The number of fused-ring (bicyclic) bond motifs is 2. The molecule has 0 aliphatic heterocycles. The minimum Gasteiger partial charge on any atom is -0.150 e. The normalized spacial score (nSPS) is 12.7. The minimum atomic E-state index is 0.212. The van der Waals surface area contributed by atoms with Crippen LogP contribution in [-0.4, -0.2) is 0 Å². The fourth-order valence-corrected chi connectivity index (χ4v) is 3.59. The van der Waals surface area contributed by atoms with E-state index in [1.54, 1.807) is 0 Å². The lowest BCUT2D eigenvalue weighted by atomic mass is 9.92. The van der Waals surface area contributed by atoms with E-state index in [2.05, 4.69) is 65.9 Å². The molecule has 0 atom stereocenters. The van der Waals surface area contributed by atoms with Crippen LogP contribution in [-0.2, 0) is 19.4 Å². The van der Waals surface area contributed by atoms with Crippen molar-refractivity contribution in [2.75, 3.05) is 0 Å². The van der Waals surface area contributed by atoms with Crippen LogP contribution >= 0.6 is 0 Å². The predicted molar refractivity (Wildman–Crippen MR) is 103 cm³/mol. The molecule has 25 heavy (non-hydrogen) atoms. The van der Waals surface area contributed by atoms with Crippen LogP contribution in [0.4, 0.5) is 0 Å². The number of nitroso groups, excluding NO2 is 1. The maximum Gasteiger partial charge on any atom is 0.106 e. The monoisotopic (exact) mass is 325 g/mol. The Morgan fingerprint density at radius 2 is 1.44 bits per heavy atom. The van der Waals surface area contributed by atoms with E-state index in [0.29, 0.717) is 0 Å². The van der Waals surface area contributed by atoms with Gasteiger partial charge in [0.1, 0.15) is 6.54 Å². The zero-order valence-electron chi connectivity index (χ0n) is 14.0. The summed E-state index contributed by atoms with van der Waals surface area (Å²) in [5.41, 5.74) is 8.66. The van der Waals surface area contributed by atoms with Gasteiger partial charge < -0.3 is 0 Å². The van der Waals surface area contributed by atoms with Gasteiger partial charge in [0.2, 0.25) is 0 Å². The lowest BCUT2D eigenvalue weighted by molar-refractivity contribution is 0.965. The summed E-state index contributed by atoms with van der Waals surface area (Å²) in [5.74, 6) is 0. The maximum atomic E-state index is 10.6. The Labute approximate surface area is 147 Å². The summed E-state index contributed by atoms with van der Waals surface area (Å²) in [4.78, 5) is 10.6. The van der Waals surface area contributed by atoms with Crippen molar-refractivity contribution in [2.45, 2.75) is 19.4 Å². The number of rotatable bonds is 3. The fourth-order valence-electron chi connectivity index (χ4n) is 3.59. The third-order valence-electron chi connectivity index (χ3n) is 4.79. The summed E-state index contributed by atoms with van der Waals surface area (Å²) in [6.45, 7) is 0.212. The van der Waals surface area contributed by atoms with Crippen molar-refractivity contribution in [3.63, 3.8) is 0 Å². The summed E-state index contributed by atoms with van der Waals surface area (Å²) in [6, 6.07) is 25.4.